The third kappa shape index (κ3) is 4.89. The minimum atomic E-state index is -0.559. The van der Waals surface area contributed by atoms with Crippen LogP contribution in [-0.2, 0) is 4.74 Å². The Labute approximate surface area is 190 Å². The highest BCUT2D eigenvalue weighted by Gasteiger charge is 2.47. The Balaban J connectivity index is 1.93. The van der Waals surface area contributed by atoms with Crippen molar-refractivity contribution < 1.29 is 28.5 Å². The van der Waals surface area contributed by atoms with Gasteiger partial charge < -0.3 is 28.7 Å². The van der Waals surface area contributed by atoms with Crippen LogP contribution in [0.5, 0.6) is 17.2 Å². The summed E-state index contributed by atoms with van der Waals surface area (Å²) in [6, 6.07) is 3.35. The van der Waals surface area contributed by atoms with Gasteiger partial charge in [-0.2, -0.15) is 0 Å². The Bertz CT molecular complexity index is 842. The standard InChI is InChI=1S/C24H36N2O6/c1-23(2,3)32-22(28)25-12-13-26(24(16-25)10-8-7-9-11-24)21(27)17-14-19(30-5)20(31-6)15-18(17)29-4/h14-15H,7-13,16H2,1-6H3. The van der Waals surface area contributed by atoms with Crippen LogP contribution in [0.3, 0.4) is 0 Å². The molecule has 0 radical (unpaired) electrons. The molecule has 1 aromatic rings. The number of carbonyl (C=O) groups excluding carboxylic acids is 2. The van der Waals surface area contributed by atoms with Crippen molar-refractivity contribution in [2.24, 2.45) is 0 Å². The number of carbonyl (C=O) groups is 2. The molecule has 1 aliphatic heterocycles. The minimum absolute atomic E-state index is 0.117. The van der Waals surface area contributed by atoms with Crippen LogP contribution in [0.1, 0.15) is 63.2 Å². The van der Waals surface area contributed by atoms with Crippen LogP contribution < -0.4 is 14.2 Å². The van der Waals surface area contributed by atoms with Gasteiger partial charge in [-0.05, 0) is 33.6 Å². The zero-order chi connectivity index (χ0) is 23.5. The number of amides is 2. The number of ether oxygens (including phenoxy) is 4. The maximum Gasteiger partial charge on any atom is 0.410 e. The van der Waals surface area contributed by atoms with E-state index in [-0.39, 0.29) is 12.0 Å². The molecule has 0 N–H and O–H groups in total. The van der Waals surface area contributed by atoms with Crippen molar-refractivity contribution in [1.82, 2.24) is 9.80 Å². The quantitative estimate of drug-likeness (QED) is 0.690. The average Bonchev–Trinajstić information content (AvgIpc) is 2.77. The highest BCUT2D eigenvalue weighted by molar-refractivity contribution is 5.98. The third-order valence-electron chi connectivity index (χ3n) is 6.27. The molecule has 0 aromatic heterocycles. The first-order chi connectivity index (χ1) is 15.1. The van der Waals surface area contributed by atoms with Gasteiger partial charge in [-0.3, -0.25) is 4.79 Å². The molecule has 0 bridgehead atoms. The SMILES string of the molecule is COc1cc(OC)c(C(=O)N2CCN(C(=O)OC(C)(C)C)CC23CCCCC3)cc1OC. The number of hydrogen-bond acceptors (Lipinski definition) is 6. The summed E-state index contributed by atoms with van der Waals surface area (Å²) in [4.78, 5) is 30.3. The first kappa shape index (κ1) is 24.0. The molecule has 2 aliphatic rings. The van der Waals surface area contributed by atoms with E-state index in [0.717, 1.165) is 32.1 Å². The lowest BCUT2D eigenvalue weighted by molar-refractivity contribution is -0.0310. The van der Waals surface area contributed by atoms with Gasteiger partial charge in [-0.1, -0.05) is 19.3 Å². The van der Waals surface area contributed by atoms with E-state index in [1.54, 1.807) is 31.3 Å². The average molecular weight is 449 g/mol. The van der Waals surface area contributed by atoms with Gasteiger partial charge >= 0.3 is 6.09 Å². The molecular weight excluding hydrogens is 412 g/mol. The number of nitrogens with zero attached hydrogens (tertiary/aromatic N) is 2. The Hall–Kier alpha value is -2.64. The van der Waals surface area contributed by atoms with Crippen LogP contribution in [0.25, 0.3) is 0 Å². The summed E-state index contributed by atoms with van der Waals surface area (Å²) in [6.45, 7) is 6.94. The van der Waals surface area contributed by atoms with Crippen LogP contribution >= 0.6 is 0 Å². The molecule has 0 unspecified atom stereocenters. The third-order valence-corrected chi connectivity index (χ3v) is 6.27. The molecule has 32 heavy (non-hydrogen) atoms. The molecule has 8 nitrogen and oxygen atoms in total. The van der Waals surface area contributed by atoms with Crippen molar-refractivity contribution in [3.63, 3.8) is 0 Å². The predicted octanol–water partition coefficient (Wildman–Crippen LogP) is 4.11. The van der Waals surface area contributed by atoms with Gasteiger partial charge in [-0.15, -0.1) is 0 Å². The van der Waals surface area contributed by atoms with E-state index in [0.29, 0.717) is 42.4 Å². The Kier molecular flexibility index (Phi) is 7.10. The first-order valence-electron chi connectivity index (χ1n) is 11.2. The maximum absolute atomic E-state index is 13.8. The van der Waals surface area contributed by atoms with Gasteiger partial charge in [-0.25, -0.2) is 4.79 Å². The van der Waals surface area contributed by atoms with E-state index < -0.39 is 11.1 Å². The fourth-order valence-corrected chi connectivity index (χ4v) is 4.76. The summed E-state index contributed by atoms with van der Waals surface area (Å²) in [5.74, 6) is 1.30. The maximum atomic E-state index is 13.8. The molecule has 1 saturated carbocycles. The minimum Gasteiger partial charge on any atom is -0.496 e. The zero-order valence-electron chi connectivity index (χ0n) is 20.2. The zero-order valence-corrected chi connectivity index (χ0v) is 20.2. The van der Waals surface area contributed by atoms with E-state index >= 15 is 0 Å². The second-order valence-electron chi connectivity index (χ2n) is 9.55. The number of piperazine rings is 1. The van der Waals surface area contributed by atoms with Crippen molar-refractivity contribution >= 4 is 12.0 Å². The van der Waals surface area contributed by atoms with Crippen molar-refractivity contribution in [2.45, 2.75) is 64.0 Å². The van der Waals surface area contributed by atoms with Crippen LogP contribution in [0.2, 0.25) is 0 Å². The number of methoxy groups -OCH3 is 3. The van der Waals surface area contributed by atoms with Crippen LogP contribution in [0.4, 0.5) is 4.79 Å². The van der Waals surface area contributed by atoms with Crippen molar-refractivity contribution in [1.29, 1.82) is 0 Å². The summed E-state index contributed by atoms with van der Waals surface area (Å²) >= 11 is 0. The second-order valence-corrected chi connectivity index (χ2v) is 9.55. The van der Waals surface area contributed by atoms with Crippen LogP contribution in [0, 0.1) is 0 Å². The molecule has 1 aliphatic carbocycles. The van der Waals surface area contributed by atoms with E-state index in [1.165, 1.54) is 7.11 Å². The molecule has 3 rings (SSSR count). The normalized spacial score (nSPS) is 18.3. The topological polar surface area (TPSA) is 77.5 Å². The van der Waals surface area contributed by atoms with Crippen LogP contribution in [-0.4, -0.2) is 73.9 Å². The molecule has 1 spiro atoms. The van der Waals surface area contributed by atoms with E-state index in [1.807, 2.05) is 25.7 Å². The van der Waals surface area contributed by atoms with Crippen molar-refractivity contribution in [2.75, 3.05) is 41.0 Å². The summed E-state index contributed by atoms with van der Waals surface area (Å²) in [6.07, 6.45) is 4.57. The van der Waals surface area contributed by atoms with E-state index in [2.05, 4.69) is 0 Å². The smallest absolute Gasteiger partial charge is 0.410 e. The lowest BCUT2D eigenvalue weighted by Crippen LogP contribution is -2.65. The van der Waals surface area contributed by atoms with Gasteiger partial charge in [0.25, 0.3) is 5.91 Å². The number of benzene rings is 1. The summed E-state index contributed by atoms with van der Waals surface area (Å²) in [7, 11) is 4.63. The largest absolute Gasteiger partial charge is 0.496 e. The monoisotopic (exact) mass is 448 g/mol. The summed E-state index contributed by atoms with van der Waals surface area (Å²) in [5.41, 5.74) is -0.541. The van der Waals surface area contributed by atoms with Gasteiger partial charge in [0.2, 0.25) is 0 Å². The highest BCUT2D eigenvalue weighted by Crippen LogP contribution is 2.41. The predicted molar refractivity (Wildman–Crippen MR) is 121 cm³/mol. The lowest BCUT2D eigenvalue weighted by atomic mass is 9.78. The van der Waals surface area contributed by atoms with Crippen LogP contribution in [0.15, 0.2) is 12.1 Å². The van der Waals surface area contributed by atoms with Gasteiger partial charge in [0.15, 0.2) is 11.5 Å². The van der Waals surface area contributed by atoms with Crippen molar-refractivity contribution in [3.05, 3.63) is 17.7 Å². The summed E-state index contributed by atoms with van der Waals surface area (Å²) in [5, 5.41) is 0. The fraction of sp³-hybridized carbons (Fsp3) is 0.667. The van der Waals surface area contributed by atoms with E-state index in [9.17, 15) is 9.59 Å². The number of hydrogen-bond donors (Lipinski definition) is 0. The first-order valence-corrected chi connectivity index (χ1v) is 11.2. The Morgan fingerprint density at radius 1 is 0.875 bits per heavy atom. The molecule has 8 heteroatoms. The molecular formula is C24H36N2O6. The molecule has 178 valence electrons. The van der Waals surface area contributed by atoms with Gasteiger partial charge in [0.1, 0.15) is 11.4 Å². The Morgan fingerprint density at radius 3 is 2.03 bits per heavy atom. The van der Waals surface area contributed by atoms with Gasteiger partial charge in [0.05, 0.1) is 32.4 Å². The highest BCUT2D eigenvalue weighted by atomic mass is 16.6. The molecule has 1 saturated heterocycles. The number of rotatable bonds is 4. The fourth-order valence-electron chi connectivity index (χ4n) is 4.76. The molecule has 2 amide bonds. The van der Waals surface area contributed by atoms with Crippen molar-refractivity contribution in [3.8, 4) is 17.2 Å². The molecule has 2 fully saturated rings. The summed E-state index contributed by atoms with van der Waals surface area (Å²) < 4.78 is 21.9. The molecule has 1 heterocycles. The van der Waals surface area contributed by atoms with Gasteiger partial charge in [0, 0.05) is 31.8 Å². The lowest BCUT2D eigenvalue weighted by Gasteiger charge is -2.52. The Morgan fingerprint density at radius 2 is 1.47 bits per heavy atom. The molecule has 0 atom stereocenters. The molecule has 1 aromatic carbocycles. The second kappa shape index (κ2) is 9.46. The van der Waals surface area contributed by atoms with E-state index in [4.69, 9.17) is 18.9 Å².